The summed E-state index contributed by atoms with van der Waals surface area (Å²) in [7, 11) is 0. The van der Waals surface area contributed by atoms with Crippen LogP contribution < -0.4 is 16.0 Å². The van der Waals surface area contributed by atoms with Crippen LogP contribution in [0.1, 0.15) is 42.7 Å². The zero-order chi connectivity index (χ0) is 21.4. The Balaban J connectivity index is 1.47. The standard InChI is InChI=1S/C22H25F3N6/c23-22(24,25)11-14-3-1-4-16(9-14)29-21-30-20(28-17-5-2-8-26-12-17)10-19-18(15-6-7-15)13-27-31(19)21/h1,3-4,9-10,13,15,17,26,28H,2,5-8,11-12H2,(H,29,30)/t17-/m0/s1. The molecule has 1 saturated heterocycles. The monoisotopic (exact) mass is 430 g/mol. The first-order valence-corrected chi connectivity index (χ1v) is 10.7. The zero-order valence-corrected chi connectivity index (χ0v) is 17.0. The first-order valence-electron chi connectivity index (χ1n) is 10.7. The second-order valence-corrected chi connectivity index (χ2v) is 8.44. The predicted octanol–water partition coefficient (Wildman–Crippen LogP) is 4.62. The molecule has 1 aliphatic carbocycles. The summed E-state index contributed by atoms with van der Waals surface area (Å²) in [5.41, 5.74) is 2.93. The van der Waals surface area contributed by atoms with E-state index in [0.29, 0.717) is 23.6 Å². The number of alkyl halides is 3. The number of benzene rings is 1. The van der Waals surface area contributed by atoms with Crippen LogP contribution in [0.15, 0.2) is 36.5 Å². The van der Waals surface area contributed by atoms with Crippen molar-refractivity contribution in [2.75, 3.05) is 23.7 Å². The largest absolute Gasteiger partial charge is 0.393 e. The van der Waals surface area contributed by atoms with Gasteiger partial charge in [-0.2, -0.15) is 27.8 Å². The summed E-state index contributed by atoms with van der Waals surface area (Å²) in [6.45, 7) is 1.91. The minimum atomic E-state index is -4.25. The van der Waals surface area contributed by atoms with E-state index in [1.165, 1.54) is 17.7 Å². The van der Waals surface area contributed by atoms with Gasteiger partial charge >= 0.3 is 6.18 Å². The first-order chi connectivity index (χ1) is 14.9. The second kappa shape index (κ2) is 8.03. The molecule has 1 aromatic carbocycles. The first kappa shape index (κ1) is 20.1. The lowest BCUT2D eigenvalue weighted by molar-refractivity contribution is -0.127. The summed E-state index contributed by atoms with van der Waals surface area (Å²) in [5.74, 6) is 1.75. The molecule has 2 fully saturated rings. The summed E-state index contributed by atoms with van der Waals surface area (Å²) in [6, 6.07) is 8.67. The smallest absolute Gasteiger partial charge is 0.366 e. The van der Waals surface area contributed by atoms with Crippen molar-refractivity contribution in [3.05, 3.63) is 47.7 Å². The summed E-state index contributed by atoms with van der Waals surface area (Å²) < 4.78 is 40.2. The van der Waals surface area contributed by atoms with E-state index < -0.39 is 12.6 Å². The Bertz CT molecular complexity index is 1070. The number of rotatable bonds is 6. The molecule has 0 bridgehead atoms. The van der Waals surface area contributed by atoms with E-state index >= 15 is 0 Å². The van der Waals surface area contributed by atoms with E-state index in [0.717, 1.165) is 50.1 Å². The minimum Gasteiger partial charge on any atom is -0.366 e. The molecule has 9 heteroatoms. The van der Waals surface area contributed by atoms with E-state index in [9.17, 15) is 13.2 Å². The molecular formula is C22H25F3N6. The minimum absolute atomic E-state index is 0.204. The maximum Gasteiger partial charge on any atom is 0.393 e. The molecule has 0 unspecified atom stereocenters. The van der Waals surface area contributed by atoms with Gasteiger partial charge in [0.25, 0.3) is 0 Å². The van der Waals surface area contributed by atoms with Gasteiger partial charge in [0, 0.05) is 29.9 Å². The third-order valence-corrected chi connectivity index (χ3v) is 5.79. The van der Waals surface area contributed by atoms with Crippen LogP contribution in [-0.2, 0) is 6.42 Å². The van der Waals surface area contributed by atoms with Gasteiger partial charge in [0.15, 0.2) is 0 Å². The topological polar surface area (TPSA) is 66.3 Å². The van der Waals surface area contributed by atoms with Gasteiger partial charge in [0.2, 0.25) is 5.95 Å². The number of nitrogens with one attached hydrogen (secondary N) is 3. The SMILES string of the molecule is FC(F)(F)Cc1cccc(Nc2nc(N[C@H]3CCCNC3)cc3c(C4CC4)cnn23)c1. The lowest BCUT2D eigenvalue weighted by atomic mass is 10.1. The number of anilines is 3. The molecule has 6 nitrogen and oxygen atoms in total. The molecule has 3 aromatic rings. The van der Waals surface area contributed by atoms with Crippen molar-refractivity contribution in [2.24, 2.45) is 0 Å². The lowest BCUT2D eigenvalue weighted by Gasteiger charge is -2.24. The van der Waals surface area contributed by atoms with Crippen molar-refractivity contribution in [1.82, 2.24) is 19.9 Å². The summed E-state index contributed by atoms with van der Waals surface area (Å²) in [6.07, 6.45) is 1.15. The number of hydrogen-bond donors (Lipinski definition) is 3. The van der Waals surface area contributed by atoms with Gasteiger partial charge in [-0.3, -0.25) is 0 Å². The summed E-state index contributed by atoms with van der Waals surface area (Å²) >= 11 is 0. The van der Waals surface area contributed by atoms with Gasteiger partial charge in [0.1, 0.15) is 5.82 Å². The number of halogens is 3. The quantitative estimate of drug-likeness (QED) is 0.533. The van der Waals surface area contributed by atoms with Crippen LogP contribution in [0.25, 0.3) is 5.52 Å². The van der Waals surface area contributed by atoms with Crippen LogP contribution in [0.5, 0.6) is 0 Å². The average molecular weight is 430 g/mol. The Morgan fingerprint density at radius 1 is 1.16 bits per heavy atom. The van der Waals surface area contributed by atoms with Gasteiger partial charge in [-0.15, -0.1) is 0 Å². The van der Waals surface area contributed by atoms with Gasteiger partial charge in [-0.05, 0) is 55.8 Å². The summed E-state index contributed by atoms with van der Waals surface area (Å²) in [4.78, 5) is 4.72. The third-order valence-electron chi connectivity index (χ3n) is 5.79. The van der Waals surface area contributed by atoms with Crippen molar-refractivity contribution < 1.29 is 13.2 Å². The Hall–Kier alpha value is -2.81. The average Bonchev–Trinajstić information content (AvgIpc) is 3.47. The van der Waals surface area contributed by atoms with Crippen molar-refractivity contribution in [3.8, 4) is 0 Å². The number of aromatic nitrogens is 3. The number of piperidine rings is 1. The van der Waals surface area contributed by atoms with Crippen LogP contribution in [0.4, 0.5) is 30.6 Å². The molecule has 0 amide bonds. The van der Waals surface area contributed by atoms with Crippen molar-refractivity contribution >= 4 is 23.0 Å². The summed E-state index contributed by atoms with van der Waals surface area (Å²) in [5, 5.41) is 14.6. The maximum absolute atomic E-state index is 12.8. The molecule has 5 rings (SSSR count). The van der Waals surface area contributed by atoms with Gasteiger partial charge in [0.05, 0.1) is 18.1 Å². The molecule has 164 valence electrons. The highest BCUT2D eigenvalue weighted by Crippen LogP contribution is 2.42. The van der Waals surface area contributed by atoms with E-state index in [1.54, 1.807) is 16.6 Å². The molecule has 3 heterocycles. The van der Waals surface area contributed by atoms with Gasteiger partial charge in [-0.25, -0.2) is 0 Å². The molecule has 1 saturated carbocycles. The highest BCUT2D eigenvalue weighted by atomic mass is 19.4. The maximum atomic E-state index is 12.8. The van der Waals surface area contributed by atoms with Crippen LogP contribution in [0.3, 0.4) is 0 Å². The third kappa shape index (κ3) is 4.76. The molecular weight excluding hydrogens is 405 g/mol. The Labute approximate surface area is 178 Å². The van der Waals surface area contributed by atoms with E-state index in [1.807, 2.05) is 12.3 Å². The second-order valence-electron chi connectivity index (χ2n) is 8.44. The molecule has 2 aromatic heterocycles. The number of nitrogens with zero attached hydrogens (tertiary/aromatic N) is 3. The molecule has 0 radical (unpaired) electrons. The fourth-order valence-corrected chi connectivity index (χ4v) is 4.17. The number of fused-ring (bicyclic) bond motifs is 1. The highest BCUT2D eigenvalue weighted by Gasteiger charge is 2.29. The van der Waals surface area contributed by atoms with E-state index in [2.05, 4.69) is 21.0 Å². The van der Waals surface area contributed by atoms with Crippen LogP contribution >= 0.6 is 0 Å². The predicted molar refractivity (Wildman–Crippen MR) is 114 cm³/mol. The Kier molecular flexibility index (Phi) is 5.21. The van der Waals surface area contributed by atoms with Crippen molar-refractivity contribution in [3.63, 3.8) is 0 Å². The molecule has 2 aliphatic rings. The lowest BCUT2D eigenvalue weighted by Crippen LogP contribution is -2.38. The molecule has 31 heavy (non-hydrogen) atoms. The fraction of sp³-hybridized carbons (Fsp3) is 0.455. The van der Waals surface area contributed by atoms with E-state index in [-0.39, 0.29) is 5.56 Å². The molecule has 1 atom stereocenters. The molecule has 3 N–H and O–H groups in total. The zero-order valence-electron chi connectivity index (χ0n) is 17.0. The van der Waals surface area contributed by atoms with E-state index in [4.69, 9.17) is 4.98 Å². The van der Waals surface area contributed by atoms with Gasteiger partial charge < -0.3 is 16.0 Å². The Morgan fingerprint density at radius 2 is 2.03 bits per heavy atom. The van der Waals surface area contributed by atoms with Crippen LogP contribution in [0, 0.1) is 0 Å². The van der Waals surface area contributed by atoms with Crippen LogP contribution in [0.2, 0.25) is 0 Å². The molecule has 1 aliphatic heterocycles. The normalized spacial score (nSPS) is 19.5. The fourth-order valence-electron chi connectivity index (χ4n) is 4.17. The number of hydrogen-bond acceptors (Lipinski definition) is 5. The Morgan fingerprint density at radius 3 is 2.77 bits per heavy atom. The van der Waals surface area contributed by atoms with Gasteiger partial charge in [-0.1, -0.05) is 12.1 Å². The van der Waals surface area contributed by atoms with Crippen LogP contribution in [-0.4, -0.2) is 39.9 Å². The van der Waals surface area contributed by atoms with Crippen molar-refractivity contribution in [1.29, 1.82) is 0 Å². The van der Waals surface area contributed by atoms with Crippen molar-refractivity contribution in [2.45, 2.75) is 50.2 Å². The highest BCUT2D eigenvalue weighted by molar-refractivity contribution is 5.67. The molecule has 0 spiro atoms.